The van der Waals surface area contributed by atoms with E-state index in [0.717, 1.165) is 5.56 Å². The van der Waals surface area contributed by atoms with Gasteiger partial charge in [0.25, 0.3) is 0 Å². The molecule has 3 rings (SSSR count). The molecule has 0 saturated heterocycles. The first-order chi connectivity index (χ1) is 9.69. The lowest BCUT2D eigenvalue weighted by molar-refractivity contribution is 0.414. The van der Waals surface area contributed by atoms with Crippen LogP contribution in [-0.2, 0) is 0 Å². The molecule has 1 heterocycles. The normalized spacial score (nSPS) is 10.7. The van der Waals surface area contributed by atoms with Gasteiger partial charge in [-0.3, -0.25) is 4.79 Å². The van der Waals surface area contributed by atoms with Gasteiger partial charge in [0, 0.05) is 17.7 Å². The topological polar surface area (TPSA) is 39.4 Å². The Balaban J connectivity index is 2.31. The second kappa shape index (κ2) is 5.02. The highest BCUT2D eigenvalue weighted by Crippen LogP contribution is 2.29. The van der Waals surface area contributed by atoms with E-state index in [-0.39, 0.29) is 5.43 Å². The fraction of sp³-hybridized carbons (Fsp3) is 0.0625. The smallest absolute Gasteiger partial charge is 0.194 e. The van der Waals surface area contributed by atoms with E-state index in [9.17, 15) is 4.79 Å². The van der Waals surface area contributed by atoms with Crippen molar-refractivity contribution in [3.63, 3.8) is 0 Å². The third-order valence-electron chi connectivity index (χ3n) is 3.05. The lowest BCUT2D eigenvalue weighted by Crippen LogP contribution is -2.01. The zero-order chi connectivity index (χ0) is 14.1. The lowest BCUT2D eigenvalue weighted by Gasteiger charge is -2.06. The van der Waals surface area contributed by atoms with Crippen molar-refractivity contribution in [2.45, 2.75) is 0 Å². The Morgan fingerprint density at radius 3 is 2.55 bits per heavy atom. The summed E-state index contributed by atoms with van der Waals surface area (Å²) in [5.74, 6) is 1.06. The molecule has 1 aromatic heterocycles. The predicted octanol–water partition coefficient (Wildman–Crippen LogP) is 4.12. The van der Waals surface area contributed by atoms with Crippen LogP contribution in [0.25, 0.3) is 22.3 Å². The van der Waals surface area contributed by atoms with Crippen LogP contribution in [0.5, 0.6) is 5.75 Å². The number of methoxy groups -OCH3 is 1. The van der Waals surface area contributed by atoms with E-state index >= 15 is 0 Å². The summed E-state index contributed by atoms with van der Waals surface area (Å²) in [5.41, 5.74) is 1.09. The summed E-state index contributed by atoms with van der Waals surface area (Å²) in [6.07, 6.45) is 0. The highest BCUT2D eigenvalue weighted by Gasteiger charge is 2.11. The van der Waals surface area contributed by atoms with Gasteiger partial charge in [0.2, 0.25) is 0 Å². The first kappa shape index (κ1) is 12.8. The zero-order valence-corrected chi connectivity index (χ0v) is 11.5. The zero-order valence-electron chi connectivity index (χ0n) is 10.7. The van der Waals surface area contributed by atoms with Crippen molar-refractivity contribution < 1.29 is 9.15 Å². The summed E-state index contributed by atoms with van der Waals surface area (Å²) in [6, 6.07) is 14.2. The van der Waals surface area contributed by atoms with Crippen LogP contribution >= 0.6 is 11.6 Å². The molecule has 0 spiro atoms. The Morgan fingerprint density at radius 1 is 1.10 bits per heavy atom. The Hall–Kier alpha value is -2.26. The van der Waals surface area contributed by atoms with Crippen molar-refractivity contribution in [1.82, 2.24) is 0 Å². The minimum Gasteiger partial charge on any atom is -0.497 e. The van der Waals surface area contributed by atoms with E-state index in [1.807, 2.05) is 30.3 Å². The molecule has 0 aliphatic rings. The fourth-order valence-corrected chi connectivity index (χ4v) is 2.37. The van der Waals surface area contributed by atoms with Gasteiger partial charge in [-0.15, -0.1) is 0 Å². The number of ether oxygens (including phenoxy) is 1. The van der Waals surface area contributed by atoms with Crippen LogP contribution < -0.4 is 10.2 Å². The van der Waals surface area contributed by atoms with Gasteiger partial charge in [0.05, 0.1) is 17.5 Å². The second-order valence-corrected chi connectivity index (χ2v) is 4.73. The Bertz CT molecular complexity index is 822. The molecule has 20 heavy (non-hydrogen) atoms. The molecule has 0 radical (unpaired) electrons. The van der Waals surface area contributed by atoms with Gasteiger partial charge in [-0.05, 0) is 6.07 Å². The van der Waals surface area contributed by atoms with Gasteiger partial charge in [-0.25, -0.2) is 0 Å². The maximum Gasteiger partial charge on any atom is 0.194 e. The molecule has 0 amide bonds. The molecule has 4 heteroatoms. The van der Waals surface area contributed by atoms with E-state index in [1.165, 1.54) is 13.2 Å². The average Bonchev–Trinajstić information content (AvgIpc) is 2.47. The van der Waals surface area contributed by atoms with Crippen molar-refractivity contribution in [2.75, 3.05) is 7.11 Å². The molecule has 2 aromatic carbocycles. The van der Waals surface area contributed by atoms with Crippen molar-refractivity contribution in [3.05, 3.63) is 63.8 Å². The first-order valence-electron chi connectivity index (χ1n) is 6.06. The average molecular weight is 287 g/mol. The van der Waals surface area contributed by atoms with Crippen LogP contribution in [0.4, 0.5) is 0 Å². The molecule has 0 atom stereocenters. The largest absolute Gasteiger partial charge is 0.497 e. The number of rotatable bonds is 2. The first-order valence-corrected chi connectivity index (χ1v) is 6.43. The lowest BCUT2D eigenvalue weighted by atomic mass is 10.1. The minimum atomic E-state index is -0.169. The highest BCUT2D eigenvalue weighted by molar-refractivity contribution is 6.35. The summed E-state index contributed by atoms with van der Waals surface area (Å²) in [5, 5.41) is 0.694. The summed E-state index contributed by atoms with van der Waals surface area (Å²) < 4.78 is 10.9. The quantitative estimate of drug-likeness (QED) is 0.711. The van der Waals surface area contributed by atoms with Crippen LogP contribution in [0, 0.1) is 0 Å². The van der Waals surface area contributed by atoms with Crippen LogP contribution in [0.3, 0.4) is 0 Å². The SMILES string of the molecule is COc1cc(Cl)c2c(=O)cc(-c3ccccc3)oc2c1. The summed E-state index contributed by atoms with van der Waals surface area (Å²) in [7, 11) is 1.54. The molecule has 3 aromatic rings. The monoisotopic (exact) mass is 286 g/mol. The Labute approximate surface area is 120 Å². The van der Waals surface area contributed by atoms with Crippen molar-refractivity contribution in [3.8, 4) is 17.1 Å². The van der Waals surface area contributed by atoms with Gasteiger partial charge in [-0.2, -0.15) is 0 Å². The molecule has 0 N–H and O–H groups in total. The highest BCUT2D eigenvalue weighted by atomic mass is 35.5. The van der Waals surface area contributed by atoms with Crippen molar-refractivity contribution in [1.29, 1.82) is 0 Å². The summed E-state index contributed by atoms with van der Waals surface area (Å²) in [4.78, 5) is 12.2. The molecule has 0 bridgehead atoms. The third kappa shape index (κ3) is 2.17. The van der Waals surface area contributed by atoms with Crippen LogP contribution in [0.15, 0.2) is 57.7 Å². The van der Waals surface area contributed by atoms with E-state index in [4.69, 9.17) is 20.8 Å². The molecule has 100 valence electrons. The van der Waals surface area contributed by atoms with E-state index in [2.05, 4.69) is 0 Å². The number of hydrogen-bond acceptors (Lipinski definition) is 3. The molecule has 0 aliphatic carbocycles. The van der Waals surface area contributed by atoms with Gasteiger partial charge in [0.1, 0.15) is 17.1 Å². The molecular weight excluding hydrogens is 276 g/mol. The molecule has 0 unspecified atom stereocenters. The molecular formula is C16H11ClO3. The van der Waals surface area contributed by atoms with Crippen LogP contribution in [0.1, 0.15) is 0 Å². The van der Waals surface area contributed by atoms with E-state index in [0.29, 0.717) is 27.5 Å². The summed E-state index contributed by atoms with van der Waals surface area (Å²) in [6.45, 7) is 0. The van der Waals surface area contributed by atoms with Gasteiger partial charge >= 0.3 is 0 Å². The van der Waals surface area contributed by atoms with E-state index < -0.39 is 0 Å². The Morgan fingerprint density at radius 2 is 1.85 bits per heavy atom. The molecule has 0 saturated carbocycles. The van der Waals surface area contributed by atoms with Gasteiger partial charge in [0.15, 0.2) is 5.43 Å². The third-order valence-corrected chi connectivity index (χ3v) is 3.35. The second-order valence-electron chi connectivity index (χ2n) is 4.32. The van der Waals surface area contributed by atoms with E-state index in [1.54, 1.807) is 12.1 Å². The minimum absolute atomic E-state index is 0.169. The van der Waals surface area contributed by atoms with Crippen LogP contribution in [-0.4, -0.2) is 7.11 Å². The van der Waals surface area contributed by atoms with Gasteiger partial charge in [-0.1, -0.05) is 41.9 Å². The maximum absolute atomic E-state index is 12.2. The Kier molecular flexibility index (Phi) is 3.20. The molecule has 0 fully saturated rings. The van der Waals surface area contributed by atoms with Crippen molar-refractivity contribution in [2.24, 2.45) is 0 Å². The number of halogens is 1. The molecule has 0 aliphatic heterocycles. The van der Waals surface area contributed by atoms with Gasteiger partial charge < -0.3 is 9.15 Å². The predicted molar refractivity (Wildman–Crippen MR) is 79.5 cm³/mol. The number of fused-ring (bicyclic) bond motifs is 1. The van der Waals surface area contributed by atoms with Crippen molar-refractivity contribution >= 4 is 22.6 Å². The molecule has 3 nitrogen and oxygen atoms in total. The summed E-state index contributed by atoms with van der Waals surface area (Å²) >= 11 is 6.10. The standard InChI is InChI=1S/C16H11ClO3/c1-19-11-7-12(17)16-13(18)9-14(20-15(16)8-11)10-5-3-2-4-6-10/h2-9H,1H3. The number of hydrogen-bond donors (Lipinski definition) is 0. The number of benzene rings is 2. The fourth-order valence-electron chi connectivity index (χ4n) is 2.08. The maximum atomic E-state index is 12.2. The van der Waals surface area contributed by atoms with Crippen LogP contribution in [0.2, 0.25) is 5.02 Å².